The molecule has 1 heterocycles. The normalized spacial score (nSPS) is 14.0. The maximum absolute atomic E-state index is 12.6. The fourth-order valence-corrected chi connectivity index (χ4v) is 4.51. The van der Waals surface area contributed by atoms with E-state index < -0.39 is 0 Å². The highest BCUT2D eigenvalue weighted by Crippen LogP contribution is 2.27. The van der Waals surface area contributed by atoms with Crippen molar-refractivity contribution < 1.29 is 4.79 Å². The van der Waals surface area contributed by atoms with Crippen molar-refractivity contribution in [1.29, 1.82) is 0 Å². The minimum Gasteiger partial charge on any atom is -0.351 e. The van der Waals surface area contributed by atoms with Crippen molar-refractivity contribution in [1.82, 2.24) is 15.2 Å². The molecule has 0 radical (unpaired) electrons. The molecular formula is C19H25N3OS2. The van der Waals surface area contributed by atoms with Gasteiger partial charge in [0.1, 0.15) is 0 Å². The number of hydrogen-bond acceptors (Lipinski definition) is 5. The van der Waals surface area contributed by atoms with Crippen LogP contribution in [0.2, 0.25) is 0 Å². The van der Waals surface area contributed by atoms with Gasteiger partial charge in [-0.2, -0.15) is 0 Å². The fourth-order valence-electron chi connectivity index (χ4n) is 2.85. The largest absolute Gasteiger partial charge is 0.351 e. The van der Waals surface area contributed by atoms with Crippen LogP contribution in [0.15, 0.2) is 34.5 Å². The highest BCUT2D eigenvalue weighted by molar-refractivity contribution is 7.98. The molecule has 0 unspecified atom stereocenters. The van der Waals surface area contributed by atoms with E-state index in [1.54, 1.807) is 23.1 Å². The zero-order chi connectivity index (χ0) is 17.6. The summed E-state index contributed by atoms with van der Waals surface area (Å²) in [4.78, 5) is 20.5. The maximum Gasteiger partial charge on any atom is 0.252 e. The van der Waals surface area contributed by atoms with Gasteiger partial charge < -0.3 is 5.32 Å². The van der Waals surface area contributed by atoms with E-state index in [1.165, 1.54) is 12.8 Å². The molecule has 0 atom stereocenters. The predicted molar refractivity (Wildman–Crippen MR) is 105 cm³/mol. The van der Waals surface area contributed by atoms with Gasteiger partial charge in [0.25, 0.3) is 5.91 Å². The number of benzene rings is 1. The molecule has 134 valence electrons. The Bertz CT molecular complexity index is 712. The molecule has 1 fully saturated rings. The Morgan fingerprint density at radius 2 is 2.20 bits per heavy atom. The molecule has 0 saturated heterocycles. The molecule has 2 aromatic rings. The number of rotatable bonds is 9. The molecule has 1 saturated carbocycles. The van der Waals surface area contributed by atoms with Gasteiger partial charge in [0, 0.05) is 35.2 Å². The van der Waals surface area contributed by atoms with E-state index in [2.05, 4.69) is 27.5 Å². The second-order valence-electron chi connectivity index (χ2n) is 6.26. The fraction of sp³-hybridized carbons (Fsp3) is 0.474. The van der Waals surface area contributed by atoms with E-state index in [9.17, 15) is 4.79 Å². The predicted octanol–water partition coefficient (Wildman–Crippen LogP) is 3.96. The van der Waals surface area contributed by atoms with Crippen molar-refractivity contribution in [2.75, 3.05) is 19.6 Å². The SMILES string of the molecule is CCN(CCNC(=O)c1ccccc1SCc1csc(C)n1)C1CC1. The van der Waals surface area contributed by atoms with Crippen LogP contribution in [0.25, 0.3) is 0 Å². The van der Waals surface area contributed by atoms with Crippen molar-refractivity contribution in [3.63, 3.8) is 0 Å². The number of aromatic nitrogens is 1. The van der Waals surface area contributed by atoms with Gasteiger partial charge in [-0.3, -0.25) is 9.69 Å². The summed E-state index contributed by atoms with van der Waals surface area (Å²) in [6.07, 6.45) is 2.61. The van der Waals surface area contributed by atoms with E-state index in [0.717, 1.165) is 46.0 Å². The van der Waals surface area contributed by atoms with Crippen LogP contribution in [-0.4, -0.2) is 41.5 Å². The van der Waals surface area contributed by atoms with Crippen LogP contribution in [0.1, 0.15) is 40.8 Å². The van der Waals surface area contributed by atoms with Crippen LogP contribution in [0.5, 0.6) is 0 Å². The number of nitrogens with one attached hydrogen (secondary N) is 1. The van der Waals surface area contributed by atoms with Gasteiger partial charge in [-0.05, 0) is 38.4 Å². The lowest BCUT2D eigenvalue weighted by Crippen LogP contribution is -2.36. The molecule has 0 bridgehead atoms. The minimum absolute atomic E-state index is 0.0180. The number of thioether (sulfide) groups is 1. The standard InChI is InChI=1S/C19H25N3OS2/c1-3-22(16-8-9-16)11-10-20-19(23)17-6-4-5-7-18(17)25-13-15-12-24-14(2)21-15/h4-7,12,16H,3,8-11,13H2,1-2H3,(H,20,23). The van der Waals surface area contributed by atoms with Gasteiger partial charge in [0.05, 0.1) is 16.3 Å². The number of likely N-dealkylation sites (N-methyl/N-ethyl adjacent to an activating group) is 1. The number of nitrogens with zero attached hydrogens (tertiary/aromatic N) is 2. The first-order chi connectivity index (χ1) is 12.2. The topological polar surface area (TPSA) is 45.2 Å². The molecule has 0 spiro atoms. The van der Waals surface area contributed by atoms with Crippen LogP contribution in [0.4, 0.5) is 0 Å². The molecule has 1 aliphatic rings. The van der Waals surface area contributed by atoms with Gasteiger partial charge in [-0.25, -0.2) is 4.98 Å². The summed E-state index contributed by atoms with van der Waals surface area (Å²) >= 11 is 3.34. The van der Waals surface area contributed by atoms with Crippen molar-refractivity contribution in [3.05, 3.63) is 45.9 Å². The molecule has 4 nitrogen and oxygen atoms in total. The Hall–Kier alpha value is -1.37. The molecule has 1 aromatic carbocycles. The molecule has 6 heteroatoms. The first kappa shape index (κ1) is 18.4. The number of hydrogen-bond donors (Lipinski definition) is 1. The zero-order valence-electron chi connectivity index (χ0n) is 14.8. The summed E-state index contributed by atoms with van der Waals surface area (Å²) in [6.45, 7) is 6.89. The Morgan fingerprint density at radius 3 is 2.88 bits per heavy atom. The monoisotopic (exact) mass is 375 g/mol. The Kier molecular flexibility index (Phi) is 6.51. The number of amides is 1. The van der Waals surface area contributed by atoms with Crippen molar-refractivity contribution in [2.24, 2.45) is 0 Å². The Morgan fingerprint density at radius 1 is 1.40 bits per heavy atom. The molecule has 1 aromatic heterocycles. The molecule has 1 aliphatic carbocycles. The van der Waals surface area contributed by atoms with Gasteiger partial charge in [-0.1, -0.05) is 19.1 Å². The summed E-state index contributed by atoms with van der Waals surface area (Å²) in [6, 6.07) is 8.57. The molecular weight excluding hydrogens is 350 g/mol. The molecule has 25 heavy (non-hydrogen) atoms. The summed E-state index contributed by atoms with van der Waals surface area (Å²) in [5.74, 6) is 0.810. The lowest BCUT2D eigenvalue weighted by molar-refractivity contribution is 0.0945. The summed E-state index contributed by atoms with van der Waals surface area (Å²) in [5.41, 5.74) is 1.83. The molecule has 0 aliphatic heterocycles. The van der Waals surface area contributed by atoms with E-state index in [0.29, 0.717) is 6.54 Å². The zero-order valence-corrected chi connectivity index (χ0v) is 16.5. The average molecular weight is 376 g/mol. The quantitative estimate of drug-likeness (QED) is 0.674. The van der Waals surface area contributed by atoms with Crippen molar-refractivity contribution in [3.8, 4) is 0 Å². The lowest BCUT2D eigenvalue weighted by Gasteiger charge is -2.20. The smallest absolute Gasteiger partial charge is 0.252 e. The van der Waals surface area contributed by atoms with E-state index >= 15 is 0 Å². The minimum atomic E-state index is 0.0180. The summed E-state index contributed by atoms with van der Waals surface area (Å²) < 4.78 is 0. The average Bonchev–Trinajstić information content (AvgIpc) is 3.38. The highest BCUT2D eigenvalue weighted by Gasteiger charge is 2.27. The van der Waals surface area contributed by atoms with Crippen LogP contribution in [0.3, 0.4) is 0 Å². The second-order valence-corrected chi connectivity index (χ2v) is 8.34. The third-order valence-corrected chi connectivity index (χ3v) is 6.26. The lowest BCUT2D eigenvalue weighted by atomic mass is 10.2. The first-order valence-electron chi connectivity index (χ1n) is 8.82. The van der Waals surface area contributed by atoms with Crippen molar-refractivity contribution >= 4 is 29.0 Å². The van der Waals surface area contributed by atoms with E-state index in [1.807, 2.05) is 31.2 Å². The van der Waals surface area contributed by atoms with E-state index in [4.69, 9.17) is 0 Å². The number of thiazole rings is 1. The Labute approximate surface area is 158 Å². The third kappa shape index (κ3) is 5.30. The van der Waals surface area contributed by atoms with E-state index in [-0.39, 0.29) is 5.91 Å². The molecule has 1 amide bonds. The van der Waals surface area contributed by atoms with Gasteiger partial charge in [0.15, 0.2) is 0 Å². The number of aryl methyl sites for hydroxylation is 1. The molecule has 3 rings (SSSR count). The van der Waals surface area contributed by atoms with Gasteiger partial charge >= 0.3 is 0 Å². The third-order valence-electron chi connectivity index (χ3n) is 4.33. The maximum atomic E-state index is 12.6. The molecule has 1 N–H and O–H groups in total. The van der Waals surface area contributed by atoms with Crippen LogP contribution in [-0.2, 0) is 5.75 Å². The summed E-state index contributed by atoms with van der Waals surface area (Å²) in [7, 11) is 0. The number of carbonyl (C=O) groups excluding carboxylic acids is 1. The van der Waals surface area contributed by atoms with Crippen molar-refractivity contribution in [2.45, 2.75) is 43.4 Å². The van der Waals surface area contributed by atoms with Gasteiger partial charge in [0.2, 0.25) is 0 Å². The number of carbonyl (C=O) groups is 1. The first-order valence-corrected chi connectivity index (χ1v) is 10.7. The second kappa shape index (κ2) is 8.83. The Balaban J connectivity index is 1.54. The van der Waals surface area contributed by atoms with Crippen LogP contribution >= 0.6 is 23.1 Å². The summed E-state index contributed by atoms with van der Waals surface area (Å²) in [5, 5.41) is 6.25. The van der Waals surface area contributed by atoms with Gasteiger partial charge in [-0.15, -0.1) is 23.1 Å². The van der Waals surface area contributed by atoms with Crippen LogP contribution in [0, 0.1) is 6.92 Å². The van der Waals surface area contributed by atoms with Crippen LogP contribution < -0.4 is 5.32 Å². The highest BCUT2D eigenvalue weighted by atomic mass is 32.2.